The topological polar surface area (TPSA) is 12.5 Å². The minimum Gasteiger partial charge on any atom is -0.488 e. The van der Waals surface area contributed by atoms with Gasteiger partial charge in [0.05, 0.1) is 0 Å². The van der Waals surface area contributed by atoms with Gasteiger partial charge in [-0.15, -0.1) is 0 Å². The Balaban J connectivity index is 1.58. The van der Waals surface area contributed by atoms with Crippen molar-refractivity contribution in [3.8, 4) is 5.75 Å². The number of likely N-dealkylation sites (N-methyl/N-ethyl adjacent to an activating group) is 1. The Labute approximate surface area is 124 Å². The highest BCUT2D eigenvalue weighted by atomic mass is 79.9. The number of ether oxygens (including phenoxy) is 1. The molecule has 0 aromatic heterocycles. The Bertz CT molecular complexity index is 412. The maximum absolute atomic E-state index is 6.05. The lowest BCUT2D eigenvalue weighted by atomic mass is 9.94. The van der Waals surface area contributed by atoms with E-state index in [1.165, 1.54) is 31.2 Å². The molecule has 2 aliphatic rings. The first kappa shape index (κ1) is 13.4. The van der Waals surface area contributed by atoms with Crippen molar-refractivity contribution in [1.82, 2.24) is 4.90 Å². The van der Waals surface area contributed by atoms with Crippen molar-refractivity contribution >= 4 is 15.9 Å². The second-order valence-corrected chi connectivity index (χ2v) is 7.04. The minimum atomic E-state index is 0.323. The molecule has 3 rings (SSSR count). The summed E-state index contributed by atoms with van der Waals surface area (Å²) in [4.78, 5) is 3.14. The molecule has 19 heavy (non-hydrogen) atoms. The zero-order chi connectivity index (χ0) is 13.2. The summed E-state index contributed by atoms with van der Waals surface area (Å²) in [5.41, 5.74) is 1.36. The van der Waals surface area contributed by atoms with E-state index >= 15 is 0 Å². The lowest BCUT2D eigenvalue weighted by Gasteiger charge is -2.36. The molecule has 0 saturated heterocycles. The van der Waals surface area contributed by atoms with E-state index in [9.17, 15) is 0 Å². The van der Waals surface area contributed by atoms with Crippen LogP contribution in [-0.2, 0) is 6.42 Å². The Morgan fingerprint density at radius 2 is 2.05 bits per heavy atom. The van der Waals surface area contributed by atoms with Crippen LogP contribution in [0.15, 0.2) is 24.3 Å². The van der Waals surface area contributed by atoms with Crippen molar-refractivity contribution in [2.45, 2.75) is 49.1 Å². The Hall–Kier alpha value is -0.540. The molecule has 1 aliphatic heterocycles. The van der Waals surface area contributed by atoms with Crippen molar-refractivity contribution in [3.63, 3.8) is 0 Å². The summed E-state index contributed by atoms with van der Waals surface area (Å²) >= 11 is 3.85. The summed E-state index contributed by atoms with van der Waals surface area (Å²) in [6, 6.07) is 9.10. The van der Waals surface area contributed by atoms with Crippen molar-refractivity contribution in [3.05, 3.63) is 29.8 Å². The van der Waals surface area contributed by atoms with Crippen LogP contribution in [0.25, 0.3) is 0 Å². The van der Waals surface area contributed by atoms with Crippen molar-refractivity contribution in [2.75, 3.05) is 13.6 Å². The third-order valence-corrected chi connectivity index (χ3v) is 5.49. The van der Waals surface area contributed by atoms with Gasteiger partial charge in [-0.2, -0.15) is 0 Å². The molecular formula is C16H22BrNO. The third kappa shape index (κ3) is 2.97. The average Bonchev–Trinajstić information content (AvgIpc) is 2.81. The molecule has 1 heterocycles. The first-order valence-electron chi connectivity index (χ1n) is 7.33. The number of hydrogen-bond acceptors (Lipinski definition) is 2. The van der Waals surface area contributed by atoms with E-state index in [4.69, 9.17) is 4.74 Å². The monoisotopic (exact) mass is 323 g/mol. The highest BCUT2D eigenvalue weighted by Crippen LogP contribution is 2.31. The molecule has 0 amide bonds. The predicted octanol–water partition coefficient (Wildman–Crippen LogP) is 3.63. The molecule has 1 saturated carbocycles. The Kier molecular flexibility index (Phi) is 4.13. The van der Waals surface area contributed by atoms with Crippen molar-refractivity contribution in [1.29, 1.82) is 0 Å². The lowest BCUT2D eigenvalue weighted by Crippen LogP contribution is -2.44. The normalized spacial score (nSPS) is 30.2. The number of hydrogen-bond donors (Lipinski definition) is 0. The van der Waals surface area contributed by atoms with E-state index in [0.29, 0.717) is 17.0 Å². The zero-order valence-corrected chi connectivity index (χ0v) is 13.1. The second-order valence-electron chi connectivity index (χ2n) is 5.86. The van der Waals surface area contributed by atoms with Crippen LogP contribution in [0.2, 0.25) is 0 Å². The molecule has 0 bridgehead atoms. The van der Waals surface area contributed by atoms with Gasteiger partial charge in [0.25, 0.3) is 0 Å². The summed E-state index contributed by atoms with van der Waals surface area (Å²) in [5.74, 6) is 1.08. The maximum atomic E-state index is 6.05. The molecule has 3 atom stereocenters. The van der Waals surface area contributed by atoms with E-state index in [0.717, 1.165) is 18.7 Å². The molecule has 0 spiro atoms. The number of para-hydroxylation sites is 1. The predicted molar refractivity (Wildman–Crippen MR) is 82.2 cm³/mol. The van der Waals surface area contributed by atoms with Crippen LogP contribution in [0.4, 0.5) is 0 Å². The van der Waals surface area contributed by atoms with Crippen LogP contribution < -0.4 is 4.74 Å². The molecule has 3 unspecified atom stereocenters. The number of benzene rings is 1. The molecule has 1 fully saturated rings. The fourth-order valence-corrected chi connectivity index (χ4v) is 4.37. The first-order chi connectivity index (χ1) is 9.24. The van der Waals surface area contributed by atoms with Gasteiger partial charge in [0.1, 0.15) is 11.9 Å². The standard InChI is InChI=1S/C16H22BrNO/c1-18(15-8-4-3-7-14(15)17)11-13-10-12-6-2-5-9-16(12)19-13/h2,5-6,9,13-15H,3-4,7-8,10-11H2,1H3. The van der Waals surface area contributed by atoms with Crippen molar-refractivity contribution < 1.29 is 4.74 Å². The fourth-order valence-electron chi connectivity index (χ4n) is 3.37. The van der Waals surface area contributed by atoms with E-state index in [1.807, 2.05) is 0 Å². The zero-order valence-electron chi connectivity index (χ0n) is 11.5. The molecule has 1 aliphatic carbocycles. The van der Waals surface area contributed by atoms with Gasteiger partial charge in [-0.3, -0.25) is 4.90 Å². The molecule has 104 valence electrons. The third-order valence-electron chi connectivity index (χ3n) is 4.42. The molecule has 0 N–H and O–H groups in total. The number of nitrogens with zero attached hydrogens (tertiary/aromatic N) is 1. The van der Waals surface area contributed by atoms with Crippen LogP contribution in [-0.4, -0.2) is 35.5 Å². The van der Waals surface area contributed by atoms with Crippen LogP contribution in [0, 0.1) is 0 Å². The highest BCUT2D eigenvalue weighted by Gasteiger charge is 2.30. The SMILES string of the molecule is CN(CC1Cc2ccccc2O1)C1CCCCC1Br. The fraction of sp³-hybridized carbons (Fsp3) is 0.625. The molecular weight excluding hydrogens is 302 g/mol. The smallest absolute Gasteiger partial charge is 0.123 e. The summed E-state index contributed by atoms with van der Waals surface area (Å²) in [7, 11) is 2.25. The van der Waals surface area contributed by atoms with Gasteiger partial charge in [-0.05, 0) is 31.5 Å². The average molecular weight is 324 g/mol. The van der Waals surface area contributed by atoms with E-state index in [2.05, 4.69) is 52.1 Å². The number of fused-ring (bicyclic) bond motifs is 1. The molecule has 0 radical (unpaired) electrons. The maximum Gasteiger partial charge on any atom is 0.123 e. The molecule has 2 nitrogen and oxygen atoms in total. The Morgan fingerprint density at radius 3 is 2.84 bits per heavy atom. The van der Waals surface area contributed by atoms with Crippen LogP contribution >= 0.6 is 15.9 Å². The first-order valence-corrected chi connectivity index (χ1v) is 8.24. The van der Waals surface area contributed by atoms with Gasteiger partial charge < -0.3 is 4.74 Å². The van der Waals surface area contributed by atoms with Crippen LogP contribution in [0.3, 0.4) is 0 Å². The molecule has 1 aromatic carbocycles. The number of halogens is 1. The quantitative estimate of drug-likeness (QED) is 0.787. The van der Waals surface area contributed by atoms with Gasteiger partial charge >= 0.3 is 0 Å². The van der Waals surface area contributed by atoms with E-state index < -0.39 is 0 Å². The van der Waals surface area contributed by atoms with Gasteiger partial charge in [0.2, 0.25) is 0 Å². The van der Waals surface area contributed by atoms with Crippen LogP contribution in [0.5, 0.6) is 5.75 Å². The number of alkyl halides is 1. The van der Waals surface area contributed by atoms with Gasteiger partial charge in [-0.25, -0.2) is 0 Å². The Morgan fingerprint density at radius 1 is 1.26 bits per heavy atom. The molecule has 3 heteroatoms. The van der Waals surface area contributed by atoms with Gasteiger partial charge in [0, 0.05) is 23.8 Å². The van der Waals surface area contributed by atoms with Gasteiger partial charge in [0.15, 0.2) is 0 Å². The van der Waals surface area contributed by atoms with E-state index in [-0.39, 0.29) is 0 Å². The minimum absolute atomic E-state index is 0.323. The summed E-state index contributed by atoms with van der Waals surface area (Å²) in [5, 5.41) is 0. The highest BCUT2D eigenvalue weighted by molar-refractivity contribution is 9.09. The van der Waals surface area contributed by atoms with E-state index in [1.54, 1.807) is 0 Å². The molecule has 1 aromatic rings. The largest absolute Gasteiger partial charge is 0.488 e. The van der Waals surface area contributed by atoms with Gasteiger partial charge in [-0.1, -0.05) is 47.0 Å². The van der Waals surface area contributed by atoms with Crippen molar-refractivity contribution in [2.24, 2.45) is 0 Å². The second kappa shape index (κ2) is 5.84. The van der Waals surface area contributed by atoms with Crippen LogP contribution in [0.1, 0.15) is 31.2 Å². The number of rotatable bonds is 3. The summed E-state index contributed by atoms with van der Waals surface area (Å²) in [6.45, 7) is 1.03. The summed E-state index contributed by atoms with van der Waals surface area (Å²) < 4.78 is 6.05. The lowest BCUT2D eigenvalue weighted by molar-refractivity contribution is 0.124. The summed E-state index contributed by atoms with van der Waals surface area (Å²) in [6.07, 6.45) is 6.73.